The van der Waals surface area contributed by atoms with Gasteiger partial charge in [-0.1, -0.05) is 35.3 Å². The van der Waals surface area contributed by atoms with Gasteiger partial charge < -0.3 is 9.47 Å². The Morgan fingerprint density at radius 3 is 2.52 bits per heavy atom. The quantitative estimate of drug-likeness (QED) is 0.567. The minimum atomic E-state index is -3.84. The van der Waals surface area contributed by atoms with Crippen molar-refractivity contribution in [3.05, 3.63) is 58.1 Å². The molecule has 0 heterocycles. The third kappa shape index (κ3) is 5.09. The highest BCUT2D eigenvalue weighted by Gasteiger charge is 2.18. The molecular formula is C16H15Cl2NO5S. The van der Waals surface area contributed by atoms with Crippen molar-refractivity contribution < 1.29 is 22.7 Å². The molecule has 0 unspecified atom stereocenters. The minimum absolute atomic E-state index is 0.0176. The Morgan fingerprint density at radius 2 is 1.84 bits per heavy atom. The SMILES string of the molecule is COC(=O)c1cc(S(=O)(=O)NCCOc2ccccc2Cl)ccc1Cl. The van der Waals surface area contributed by atoms with Crippen LogP contribution in [-0.4, -0.2) is 34.6 Å². The third-order valence-corrected chi connectivity index (χ3v) is 5.24. The number of benzene rings is 2. The molecule has 6 nitrogen and oxygen atoms in total. The lowest BCUT2D eigenvalue weighted by Gasteiger charge is -2.10. The molecule has 2 aromatic carbocycles. The van der Waals surface area contributed by atoms with E-state index in [9.17, 15) is 13.2 Å². The van der Waals surface area contributed by atoms with Crippen molar-refractivity contribution in [1.29, 1.82) is 0 Å². The van der Waals surface area contributed by atoms with E-state index in [4.69, 9.17) is 27.9 Å². The molecule has 0 spiro atoms. The fourth-order valence-electron chi connectivity index (χ4n) is 1.92. The first-order valence-corrected chi connectivity index (χ1v) is 9.34. The molecule has 0 saturated heterocycles. The molecule has 0 atom stereocenters. The van der Waals surface area contributed by atoms with Gasteiger partial charge in [0.15, 0.2) is 0 Å². The number of nitrogens with one attached hydrogen (secondary N) is 1. The lowest BCUT2D eigenvalue weighted by atomic mass is 10.2. The zero-order chi connectivity index (χ0) is 18.4. The zero-order valence-corrected chi connectivity index (χ0v) is 15.5. The number of halogens is 2. The number of methoxy groups -OCH3 is 1. The summed E-state index contributed by atoms with van der Waals surface area (Å²) < 4.78 is 37.0. The normalized spacial score (nSPS) is 11.2. The first-order chi connectivity index (χ1) is 11.8. The first-order valence-electron chi connectivity index (χ1n) is 7.10. The van der Waals surface area contributed by atoms with Crippen LogP contribution in [0.3, 0.4) is 0 Å². The molecule has 2 aromatic rings. The van der Waals surface area contributed by atoms with E-state index >= 15 is 0 Å². The van der Waals surface area contributed by atoms with Crippen molar-refractivity contribution in [2.75, 3.05) is 20.3 Å². The van der Waals surface area contributed by atoms with Crippen molar-refractivity contribution in [1.82, 2.24) is 4.72 Å². The second-order valence-electron chi connectivity index (χ2n) is 4.81. The number of ether oxygens (including phenoxy) is 2. The van der Waals surface area contributed by atoms with Crippen LogP contribution in [0.5, 0.6) is 5.75 Å². The number of carbonyl (C=O) groups excluding carboxylic acids is 1. The Kier molecular flexibility index (Phi) is 6.66. The van der Waals surface area contributed by atoms with Crippen LogP contribution in [0.1, 0.15) is 10.4 Å². The highest BCUT2D eigenvalue weighted by atomic mass is 35.5. The number of sulfonamides is 1. The van der Waals surface area contributed by atoms with Crippen LogP contribution >= 0.6 is 23.2 Å². The van der Waals surface area contributed by atoms with E-state index in [-0.39, 0.29) is 28.6 Å². The maximum absolute atomic E-state index is 12.3. The second kappa shape index (κ2) is 8.53. The summed E-state index contributed by atoms with van der Waals surface area (Å²) in [5.74, 6) is -0.257. The Bertz CT molecular complexity index is 871. The van der Waals surface area contributed by atoms with E-state index in [1.807, 2.05) is 0 Å². The summed E-state index contributed by atoms with van der Waals surface area (Å²) in [5.41, 5.74) is -0.0284. The molecule has 0 fully saturated rings. The number of carbonyl (C=O) groups is 1. The summed E-state index contributed by atoms with van der Waals surface area (Å²) in [6.45, 7) is 0.101. The predicted octanol–water partition coefficient (Wildman–Crippen LogP) is 3.14. The largest absolute Gasteiger partial charge is 0.491 e. The summed E-state index contributed by atoms with van der Waals surface area (Å²) in [5, 5.41) is 0.540. The smallest absolute Gasteiger partial charge is 0.339 e. The number of rotatable bonds is 7. The first kappa shape index (κ1) is 19.5. The molecule has 0 aliphatic heterocycles. The summed E-state index contributed by atoms with van der Waals surface area (Å²) in [6, 6.07) is 10.6. The standard InChI is InChI=1S/C16H15Cl2NO5S/c1-23-16(20)12-10-11(6-7-13(12)17)25(21,22)19-8-9-24-15-5-3-2-4-14(15)18/h2-7,10,19H,8-9H2,1H3. The van der Waals surface area contributed by atoms with Crippen LogP contribution in [-0.2, 0) is 14.8 Å². The average molecular weight is 404 g/mol. The topological polar surface area (TPSA) is 81.7 Å². The number of esters is 1. The summed E-state index contributed by atoms with van der Waals surface area (Å²) in [4.78, 5) is 11.5. The molecule has 0 amide bonds. The molecule has 0 bridgehead atoms. The zero-order valence-electron chi connectivity index (χ0n) is 13.2. The lowest BCUT2D eigenvalue weighted by Crippen LogP contribution is -2.28. The van der Waals surface area contributed by atoms with Gasteiger partial charge in [-0.15, -0.1) is 0 Å². The number of para-hydroxylation sites is 1. The van der Waals surface area contributed by atoms with E-state index in [0.29, 0.717) is 10.8 Å². The number of hydrogen-bond donors (Lipinski definition) is 1. The fourth-order valence-corrected chi connectivity index (χ4v) is 3.34. The highest BCUT2D eigenvalue weighted by Crippen LogP contribution is 2.23. The molecular weight excluding hydrogens is 389 g/mol. The molecule has 0 aliphatic rings. The monoisotopic (exact) mass is 403 g/mol. The van der Waals surface area contributed by atoms with E-state index in [0.717, 1.165) is 6.07 Å². The van der Waals surface area contributed by atoms with Crippen LogP contribution < -0.4 is 9.46 Å². The molecule has 134 valence electrons. The van der Waals surface area contributed by atoms with Gasteiger partial charge in [-0.25, -0.2) is 17.9 Å². The molecule has 0 aromatic heterocycles. The van der Waals surface area contributed by atoms with Gasteiger partial charge in [0.1, 0.15) is 12.4 Å². The van der Waals surface area contributed by atoms with Crippen molar-refractivity contribution in [2.45, 2.75) is 4.90 Å². The molecule has 0 aliphatic carbocycles. The van der Waals surface area contributed by atoms with Crippen molar-refractivity contribution in [3.63, 3.8) is 0 Å². The van der Waals surface area contributed by atoms with E-state index < -0.39 is 16.0 Å². The molecule has 2 rings (SSSR count). The Hall–Kier alpha value is -1.80. The Balaban J connectivity index is 2.02. The van der Waals surface area contributed by atoms with Crippen molar-refractivity contribution in [3.8, 4) is 5.75 Å². The van der Waals surface area contributed by atoms with Crippen LogP contribution in [0.15, 0.2) is 47.4 Å². The van der Waals surface area contributed by atoms with Crippen LogP contribution in [0, 0.1) is 0 Å². The van der Waals surface area contributed by atoms with Gasteiger partial charge in [0.2, 0.25) is 10.0 Å². The van der Waals surface area contributed by atoms with Gasteiger partial charge in [-0.3, -0.25) is 0 Å². The van der Waals surface area contributed by atoms with Gasteiger partial charge in [-0.2, -0.15) is 0 Å². The van der Waals surface area contributed by atoms with Crippen LogP contribution in [0.25, 0.3) is 0 Å². The van der Waals surface area contributed by atoms with Gasteiger partial charge in [0.25, 0.3) is 0 Å². The molecule has 25 heavy (non-hydrogen) atoms. The minimum Gasteiger partial charge on any atom is -0.491 e. The summed E-state index contributed by atoms with van der Waals surface area (Å²) in [7, 11) is -2.65. The van der Waals surface area contributed by atoms with Crippen LogP contribution in [0.2, 0.25) is 10.0 Å². The van der Waals surface area contributed by atoms with E-state index in [1.54, 1.807) is 24.3 Å². The Morgan fingerprint density at radius 1 is 1.12 bits per heavy atom. The van der Waals surface area contributed by atoms with Gasteiger partial charge in [0.05, 0.1) is 27.6 Å². The molecule has 0 radical (unpaired) electrons. The van der Waals surface area contributed by atoms with E-state index in [2.05, 4.69) is 9.46 Å². The fraction of sp³-hybridized carbons (Fsp3) is 0.188. The highest BCUT2D eigenvalue weighted by molar-refractivity contribution is 7.89. The molecule has 0 saturated carbocycles. The predicted molar refractivity (Wildman–Crippen MR) is 94.9 cm³/mol. The summed E-state index contributed by atoms with van der Waals surface area (Å²) >= 11 is 11.8. The van der Waals surface area contributed by atoms with E-state index in [1.165, 1.54) is 19.2 Å². The molecule has 1 N–H and O–H groups in total. The van der Waals surface area contributed by atoms with Gasteiger partial charge in [0, 0.05) is 6.54 Å². The van der Waals surface area contributed by atoms with Crippen molar-refractivity contribution >= 4 is 39.2 Å². The van der Waals surface area contributed by atoms with Gasteiger partial charge in [-0.05, 0) is 30.3 Å². The lowest BCUT2D eigenvalue weighted by molar-refractivity contribution is 0.0600. The third-order valence-electron chi connectivity index (χ3n) is 3.14. The van der Waals surface area contributed by atoms with Crippen LogP contribution in [0.4, 0.5) is 0 Å². The molecule has 9 heteroatoms. The second-order valence-corrected chi connectivity index (χ2v) is 7.39. The number of hydrogen-bond acceptors (Lipinski definition) is 5. The van der Waals surface area contributed by atoms with Crippen molar-refractivity contribution in [2.24, 2.45) is 0 Å². The maximum Gasteiger partial charge on any atom is 0.339 e. The Labute approximate surface area is 155 Å². The average Bonchev–Trinajstić information content (AvgIpc) is 2.59. The summed E-state index contributed by atoms with van der Waals surface area (Å²) in [6.07, 6.45) is 0. The maximum atomic E-state index is 12.3. The van der Waals surface area contributed by atoms with Gasteiger partial charge >= 0.3 is 5.97 Å².